The van der Waals surface area contributed by atoms with Gasteiger partial charge in [-0.2, -0.15) is 0 Å². The van der Waals surface area contributed by atoms with Crippen LogP contribution in [0.5, 0.6) is 0 Å². The van der Waals surface area contributed by atoms with Gasteiger partial charge in [-0.1, -0.05) is 37.9 Å². The zero-order valence-corrected chi connectivity index (χ0v) is 9.01. The van der Waals surface area contributed by atoms with Crippen molar-refractivity contribution in [2.24, 2.45) is 5.16 Å². The lowest BCUT2D eigenvalue weighted by Crippen LogP contribution is -1.97. The molecule has 2 heteroatoms. The van der Waals surface area contributed by atoms with Crippen LogP contribution in [0.15, 0.2) is 16.8 Å². The molecule has 0 saturated heterocycles. The van der Waals surface area contributed by atoms with Crippen LogP contribution in [0.4, 0.5) is 0 Å². The van der Waals surface area contributed by atoms with Gasteiger partial charge in [-0.15, -0.1) is 0 Å². The summed E-state index contributed by atoms with van der Waals surface area (Å²) in [7, 11) is 0. The Kier molecular flexibility index (Phi) is 7.36. The highest BCUT2D eigenvalue weighted by Crippen LogP contribution is 2.06. The van der Waals surface area contributed by atoms with Gasteiger partial charge in [0.2, 0.25) is 0 Å². The molecule has 0 spiro atoms. The number of hydrogen-bond donors (Lipinski definition) is 1. The Morgan fingerprint density at radius 2 is 2.00 bits per heavy atom. The highest BCUT2D eigenvalue weighted by Gasteiger charge is 1.98. The molecule has 0 fully saturated rings. The number of allylic oxidation sites excluding steroid dienone is 2. The average molecular weight is 183 g/mol. The van der Waals surface area contributed by atoms with Gasteiger partial charge in [0.05, 0.1) is 5.71 Å². The topological polar surface area (TPSA) is 32.6 Å². The summed E-state index contributed by atoms with van der Waals surface area (Å²) in [4.78, 5) is 0. The first-order valence-corrected chi connectivity index (χ1v) is 5.14. The molecule has 0 aliphatic rings. The highest BCUT2D eigenvalue weighted by molar-refractivity contribution is 5.98. The van der Waals surface area contributed by atoms with Crippen molar-refractivity contribution in [3.63, 3.8) is 0 Å². The minimum Gasteiger partial charge on any atom is -0.411 e. The number of nitrogens with zero attached hydrogens (tertiary/aromatic N) is 1. The van der Waals surface area contributed by atoms with Crippen LogP contribution in [0, 0.1) is 0 Å². The van der Waals surface area contributed by atoms with E-state index in [9.17, 15) is 0 Å². The molecule has 0 aliphatic carbocycles. The predicted octanol–water partition coefficient (Wildman–Crippen LogP) is 3.75. The molecule has 0 aliphatic heterocycles. The molecule has 0 amide bonds. The summed E-state index contributed by atoms with van der Waals surface area (Å²) in [5, 5.41) is 11.9. The van der Waals surface area contributed by atoms with E-state index in [2.05, 4.69) is 18.2 Å². The summed E-state index contributed by atoms with van der Waals surface area (Å²) in [6.07, 6.45) is 7.82. The lowest BCUT2D eigenvalue weighted by Gasteiger charge is -2.00. The summed E-state index contributed by atoms with van der Waals surface area (Å²) in [6.45, 7) is 6.20. The smallest absolute Gasteiger partial charge is 0.0818 e. The lowest BCUT2D eigenvalue weighted by molar-refractivity contribution is 0.318. The Hall–Kier alpha value is -0.790. The van der Waals surface area contributed by atoms with Crippen LogP contribution in [-0.4, -0.2) is 10.9 Å². The Bertz CT molecular complexity index is 183. The van der Waals surface area contributed by atoms with Crippen molar-refractivity contribution in [3.8, 4) is 0 Å². The van der Waals surface area contributed by atoms with Gasteiger partial charge >= 0.3 is 0 Å². The molecule has 13 heavy (non-hydrogen) atoms. The van der Waals surface area contributed by atoms with Crippen LogP contribution in [0.2, 0.25) is 0 Å². The molecule has 0 aromatic heterocycles. The maximum atomic E-state index is 8.65. The summed E-state index contributed by atoms with van der Waals surface area (Å²) >= 11 is 0. The first-order chi connectivity index (χ1) is 6.26. The van der Waals surface area contributed by atoms with E-state index in [-0.39, 0.29) is 0 Å². The standard InChI is InChI=1S/C11H21NO/c1-4-6-7-8-9-10(3)11(5-2)12-13/h9,13H,4-8H2,1-3H3/b10-9+,12-11+. The number of rotatable bonds is 6. The molecule has 0 atom stereocenters. The predicted molar refractivity (Wildman–Crippen MR) is 57.4 cm³/mol. The van der Waals surface area contributed by atoms with Crippen molar-refractivity contribution in [3.05, 3.63) is 11.6 Å². The van der Waals surface area contributed by atoms with E-state index in [1.165, 1.54) is 19.3 Å². The van der Waals surface area contributed by atoms with Gasteiger partial charge in [0, 0.05) is 0 Å². The van der Waals surface area contributed by atoms with E-state index in [0.717, 1.165) is 24.1 Å². The van der Waals surface area contributed by atoms with Crippen molar-refractivity contribution in [2.75, 3.05) is 0 Å². The molecule has 0 rings (SSSR count). The molecule has 0 saturated carbocycles. The van der Waals surface area contributed by atoms with Gasteiger partial charge in [0.25, 0.3) is 0 Å². The molecule has 0 radical (unpaired) electrons. The quantitative estimate of drug-likeness (QED) is 0.289. The Morgan fingerprint density at radius 1 is 1.31 bits per heavy atom. The third kappa shape index (κ3) is 5.45. The van der Waals surface area contributed by atoms with E-state index in [1.54, 1.807) is 0 Å². The van der Waals surface area contributed by atoms with Crippen LogP contribution in [0.25, 0.3) is 0 Å². The molecule has 0 aromatic rings. The van der Waals surface area contributed by atoms with Crippen molar-refractivity contribution in [1.82, 2.24) is 0 Å². The maximum Gasteiger partial charge on any atom is 0.0818 e. The summed E-state index contributed by atoms with van der Waals surface area (Å²) in [5.41, 5.74) is 1.91. The van der Waals surface area contributed by atoms with Gasteiger partial charge in [-0.05, 0) is 31.8 Å². The molecule has 2 nitrogen and oxygen atoms in total. The van der Waals surface area contributed by atoms with Crippen molar-refractivity contribution in [1.29, 1.82) is 0 Å². The summed E-state index contributed by atoms with van der Waals surface area (Å²) < 4.78 is 0. The van der Waals surface area contributed by atoms with E-state index >= 15 is 0 Å². The zero-order chi connectivity index (χ0) is 10.1. The van der Waals surface area contributed by atoms with Crippen LogP contribution >= 0.6 is 0 Å². The third-order valence-corrected chi connectivity index (χ3v) is 2.17. The number of hydrogen-bond acceptors (Lipinski definition) is 2. The van der Waals surface area contributed by atoms with Crippen LogP contribution in [0.1, 0.15) is 52.9 Å². The second-order valence-electron chi connectivity index (χ2n) is 3.28. The first kappa shape index (κ1) is 12.2. The van der Waals surface area contributed by atoms with Crippen LogP contribution in [-0.2, 0) is 0 Å². The zero-order valence-electron chi connectivity index (χ0n) is 9.01. The van der Waals surface area contributed by atoms with Gasteiger partial charge in [-0.25, -0.2) is 0 Å². The molecular formula is C11H21NO. The minimum absolute atomic E-state index is 0.798. The Balaban J connectivity index is 3.86. The average Bonchev–Trinajstić information content (AvgIpc) is 2.14. The normalized spacial score (nSPS) is 13.5. The highest BCUT2D eigenvalue weighted by atomic mass is 16.4. The van der Waals surface area contributed by atoms with Gasteiger partial charge in [0.1, 0.15) is 0 Å². The molecule has 0 bridgehead atoms. The van der Waals surface area contributed by atoms with Gasteiger partial charge in [-0.3, -0.25) is 0 Å². The van der Waals surface area contributed by atoms with E-state index in [1.807, 2.05) is 13.8 Å². The maximum absolute atomic E-state index is 8.65. The van der Waals surface area contributed by atoms with Crippen molar-refractivity contribution >= 4 is 5.71 Å². The Morgan fingerprint density at radius 3 is 2.46 bits per heavy atom. The monoisotopic (exact) mass is 183 g/mol. The van der Waals surface area contributed by atoms with Gasteiger partial charge < -0.3 is 5.21 Å². The van der Waals surface area contributed by atoms with Crippen LogP contribution in [0.3, 0.4) is 0 Å². The van der Waals surface area contributed by atoms with Crippen LogP contribution < -0.4 is 0 Å². The largest absolute Gasteiger partial charge is 0.411 e. The molecule has 1 N–H and O–H groups in total. The molecule has 0 heterocycles. The van der Waals surface area contributed by atoms with E-state index in [4.69, 9.17) is 5.21 Å². The number of oxime groups is 1. The molecule has 0 unspecified atom stereocenters. The fourth-order valence-corrected chi connectivity index (χ4v) is 1.26. The second kappa shape index (κ2) is 7.84. The minimum atomic E-state index is 0.798. The van der Waals surface area contributed by atoms with Gasteiger partial charge in [0.15, 0.2) is 0 Å². The number of unbranched alkanes of at least 4 members (excludes halogenated alkanes) is 3. The summed E-state index contributed by atoms with van der Waals surface area (Å²) in [6, 6.07) is 0. The van der Waals surface area contributed by atoms with Crippen molar-refractivity contribution < 1.29 is 5.21 Å². The molecule has 0 aromatic carbocycles. The SMILES string of the molecule is CCCCC/C=C(C)/C(CC)=N/O. The fraction of sp³-hybridized carbons (Fsp3) is 0.727. The third-order valence-electron chi connectivity index (χ3n) is 2.17. The Labute approximate surface area is 81.3 Å². The summed E-state index contributed by atoms with van der Waals surface area (Å²) in [5.74, 6) is 0. The van der Waals surface area contributed by atoms with E-state index < -0.39 is 0 Å². The van der Waals surface area contributed by atoms with Crippen molar-refractivity contribution in [2.45, 2.75) is 52.9 Å². The second-order valence-corrected chi connectivity index (χ2v) is 3.28. The molecular weight excluding hydrogens is 162 g/mol. The lowest BCUT2D eigenvalue weighted by atomic mass is 10.1. The first-order valence-electron chi connectivity index (χ1n) is 5.14. The fourth-order valence-electron chi connectivity index (χ4n) is 1.26. The molecule has 76 valence electrons. The van der Waals surface area contributed by atoms with E-state index in [0.29, 0.717) is 0 Å².